The van der Waals surface area contributed by atoms with E-state index in [1.54, 1.807) is 4.90 Å². The van der Waals surface area contributed by atoms with Crippen molar-refractivity contribution in [3.63, 3.8) is 0 Å². The first-order valence-electron chi connectivity index (χ1n) is 7.35. The first-order valence-corrected chi connectivity index (χ1v) is 7.35. The number of carbonyl (C=O) groups excluding carboxylic acids is 2. The minimum absolute atomic E-state index is 0.113. The second-order valence-electron chi connectivity index (χ2n) is 5.82. The van der Waals surface area contributed by atoms with Crippen LogP contribution in [0, 0.1) is 0 Å². The summed E-state index contributed by atoms with van der Waals surface area (Å²) in [7, 11) is 0. The van der Waals surface area contributed by atoms with E-state index in [2.05, 4.69) is 0 Å². The molecule has 0 aromatic carbocycles. The number of fused-ring (bicyclic) bond motifs is 1. The Bertz CT molecular complexity index is 446. The molecule has 104 valence electrons. The van der Waals surface area contributed by atoms with Crippen LogP contribution in [0.1, 0.15) is 51.9 Å². The topological polar surface area (TPSA) is 46.6 Å². The molecule has 1 unspecified atom stereocenters. The molecule has 0 aromatic heterocycles. The summed E-state index contributed by atoms with van der Waals surface area (Å²) in [5.41, 5.74) is 2.15. The van der Waals surface area contributed by atoms with Crippen molar-refractivity contribution in [1.29, 1.82) is 0 Å². The van der Waals surface area contributed by atoms with Crippen molar-refractivity contribution in [3.05, 3.63) is 11.1 Å². The lowest BCUT2D eigenvalue weighted by molar-refractivity contribution is -0.157. The highest BCUT2D eigenvalue weighted by Gasteiger charge is 2.56. The Balaban J connectivity index is 1.91. The number of esters is 1. The zero-order chi connectivity index (χ0) is 13.5. The number of amides is 1. The monoisotopic (exact) mass is 263 g/mol. The summed E-state index contributed by atoms with van der Waals surface area (Å²) in [5, 5.41) is 0. The van der Waals surface area contributed by atoms with Gasteiger partial charge in [0.1, 0.15) is 5.54 Å². The third-order valence-corrected chi connectivity index (χ3v) is 4.79. The number of hydrogen-bond donors (Lipinski definition) is 0. The number of nitrogens with zero attached hydrogens (tertiary/aromatic N) is 1. The Labute approximate surface area is 113 Å². The normalized spacial score (nSPS) is 30.2. The van der Waals surface area contributed by atoms with Crippen LogP contribution in [0.15, 0.2) is 11.1 Å². The molecular formula is C15H21NO3. The molecule has 2 saturated heterocycles. The van der Waals surface area contributed by atoms with Gasteiger partial charge in [0.25, 0.3) is 0 Å². The van der Waals surface area contributed by atoms with Crippen LogP contribution in [0.4, 0.5) is 0 Å². The van der Waals surface area contributed by atoms with Gasteiger partial charge in [0.05, 0.1) is 6.61 Å². The molecular weight excluding hydrogens is 242 g/mol. The van der Waals surface area contributed by atoms with Gasteiger partial charge in [-0.05, 0) is 44.6 Å². The maximum Gasteiger partial charge on any atom is 0.332 e. The van der Waals surface area contributed by atoms with Crippen molar-refractivity contribution < 1.29 is 14.3 Å². The van der Waals surface area contributed by atoms with E-state index in [-0.39, 0.29) is 11.9 Å². The van der Waals surface area contributed by atoms with E-state index in [9.17, 15) is 9.59 Å². The molecule has 0 bridgehead atoms. The summed E-state index contributed by atoms with van der Waals surface area (Å²) in [6.45, 7) is 2.86. The van der Waals surface area contributed by atoms with Crippen LogP contribution in [-0.4, -0.2) is 35.5 Å². The van der Waals surface area contributed by atoms with E-state index in [0.29, 0.717) is 32.4 Å². The zero-order valence-electron chi connectivity index (χ0n) is 11.5. The Morgan fingerprint density at radius 2 is 2.00 bits per heavy atom. The van der Waals surface area contributed by atoms with Crippen molar-refractivity contribution in [2.45, 2.75) is 57.4 Å². The molecule has 19 heavy (non-hydrogen) atoms. The summed E-state index contributed by atoms with van der Waals surface area (Å²) in [6, 6.07) is 0. The molecule has 1 amide bonds. The molecule has 1 saturated carbocycles. The number of rotatable bonds is 2. The lowest BCUT2D eigenvalue weighted by atomic mass is 9.90. The Morgan fingerprint density at radius 1 is 1.26 bits per heavy atom. The van der Waals surface area contributed by atoms with Crippen LogP contribution in [0.3, 0.4) is 0 Å². The van der Waals surface area contributed by atoms with Gasteiger partial charge in [-0.15, -0.1) is 0 Å². The molecule has 2 aliphatic heterocycles. The SMILES string of the molecule is CCOC(=O)C12CCC(=O)N1CC(=C1CCCC1)C2. The van der Waals surface area contributed by atoms with Gasteiger partial charge in [0.2, 0.25) is 5.91 Å². The maximum atomic E-state index is 12.3. The summed E-state index contributed by atoms with van der Waals surface area (Å²) < 4.78 is 5.23. The van der Waals surface area contributed by atoms with E-state index in [0.717, 1.165) is 12.8 Å². The molecule has 4 heteroatoms. The minimum atomic E-state index is -0.669. The van der Waals surface area contributed by atoms with E-state index < -0.39 is 5.54 Å². The predicted molar refractivity (Wildman–Crippen MR) is 70.4 cm³/mol. The van der Waals surface area contributed by atoms with Crippen molar-refractivity contribution >= 4 is 11.9 Å². The van der Waals surface area contributed by atoms with Gasteiger partial charge in [-0.1, -0.05) is 5.57 Å². The molecule has 4 nitrogen and oxygen atoms in total. The van der Waals surface area contributed by atoms with Gasteiger partial charge in [-0.3, -0.25) is 4.79 Å². The molecule has 1 aliphatic carbocycles. The first-order chi connectivity index (χ1) is 9.17. The predicted octanol–water partition coefficient (Wildman–Crippen LogP) is 2.18. The fourth-order valence-corrected chi connectivity index (χ4v) is 3.79. The highest BCUT2D eigenvalue weighted by atomic mass is 16.5. The van der Waals surface area contributed by atoms with Crippen LogP contribution in [0.5, 0.6) is 0 Å². The van der Waals surface area contributed by atoms with Gasteiger partial charge in [-0.2, -0.15) is 0 Å². The lowest BCUT2D eigenvalue weighted by Crippen LogP contribution is -2.48. The molecule has 2 heterocycles. The van der Waals surface area contributed by atoms with Crippen molar-refractivity contribution in [2.24, 2.45) is 0 Å². The van der Waals surface area contributed by atoms with Crippen molar-refractivity contribution in [1.82, 2.24) is 4.90 Å². The van der Waals surface area contributed by atoms with Crippen LogP contribution >= 0.6 is 0 Å². The third-order valence-electron chi connectivity index (χ3n) is 4.79. The number of hydrogen-bond acceptors (Lipinski definition) is 3. The van der Waals surface area contributed by atoms with E-state index in [1.165, 1.54) is 24.0 Å². The van der Waals surface area contributed by atoms with Gasteiger partial charge in [0, 0.05) is 19.4 Å². The van der Waals surface area contributed by atoms with Gasteiger partial charge in [-0.25, -0.2) is 4.79 Å². The van der Waals surface area contributed by atoms with Crippen molar-refractivity contribution in [2.75, 3.05) is 13.2 Å². The van der Waals surface area contributed by atoms with Crippen LogP contribution in [0.25, 0.3) is 0 Å². The minimum Gasteiger partial charge on any atom is -0.464 e. The smallest absolute Gasteiger partial charge is 0.332 e. The highest BCUT2D eigenvalue weighted by Crippen LogP contribution is 2.45. The Morgan fingerprint density at radius 3 is 2.68 bits per heavy atom. The highest BCUT2D eigenvalue weighted by molar-refractivity contribution is 5.93. The summed E-state index contributed by atoms with van der Waals surface area (Å²) in [5.74, 6) is -0.0869. The molecule has 0 aromatic rings. The van der Waals surface area contributed by atoms with Crippen LogP contribution in [0.2, 0.25) is 0 Å². The molecule has 3 fully saturated rings. The van der Waals surface area contributed by atoms with Gasteiger partial charge < -0.3 is 9.64 Å². The molecule has 0 N–H and O–H groups in total. The van der Waals surface area contributed by atoms with Gasteiger partial charge in [0.15, 0.2) is 0 Å². The average molecular weight is 263 g/mol. The Hall–Kier alpha value is -1.32. The second-order valence-corrected chi connectivity index (χ2v) is 5.82. The Kier molecular flexibility index (Phi) is 3.11. The molecule has 1 atom stereocenters. The fraction of sp³-hybridized carbons (Fsp3) is 0.733. The summed E-state index contributed by atoms with van der Waals surface area (Å²) in [6.07, 6.45) is 6.63. The summed E-state index contributed by atoms with van der Waals surface area (Å²) in [4.78, 5) is 26.1. The van der Waals surface area contributed by atoms with E-state index >= 15 is 0 Å². The summed E-state index contributed by atoms with van der Waals surface area (Å²) >= 11 is 0. The molecule has 0 radical (unpaired) electrons. The standard InChI is InChI=1S/C15H21NO3/c1-2-19-14(18)15-8-7-13(17)16(15)10-12(9-15)11-5-3-4-6-11/h2-10H2,1H3. The fourth-order valence-electron chi connectivity index (χ4n) is 3.79. The first kappa shape index (κ1) is 12.7. The zero-order valence-corrected chi connectivity index (χ0v) is 11.5. The molecule has 3 aliphatic rings. The van der Waals surface area contributed by atoms with Crippen molar-refractivity contribution in [3.8, 4) is 0 Å². The van der Waals surface area contributed by atoms with Crippen LogP contribution < -0.4 is 0 Å². The number of allylic oxidation sites excluding steroid dienone is 1. The van der Waals surface area contributed by atoms with E-state index in [4.69, 9.17) is 4.74 Å². The number of carbonyl (C=O) groups is 2. The largest absolute Gasteiger partial charge is 0.464 e. The average Bonchev–Trinajstić information content (AvgIpc) is 3.07. The quantitative estimate of drug-likeness (QED) is 0.566. The van der Waals surface area contributed by atoms with Crippen LogP contribution in [-0.2, 0) is 14.3 Å². The number of ether oxygens (including phenoxy) is 1. The third kappa shape index (κ3) is 1.88. The van der Waals surface area contributed by atoms with E-state index in [1.807, 2.05) is 6.92 Å². The molecule has 0 spiro atoms. The van der Waals surface area contributed by atoms with Gasteiger partial charge >= 0.3 is 5.97 Å². The maximum absolute atomic E-state index is 12.3. The molecule has 3 rings (SSSR count). The lowest BCUT2D eigenvalue weighted by Gasteiger charge is -2.28. The second kappa shape index (κ2) is 4.66.